The lowest BCUT2D eigenvalue weighted by atomic mass is 10.1. The van der Waals surface area contributed by atoms with Crippen molar-refractivity contribution in [1.29, 1.82) is 0 Å². The van der Waals surface area contributed by atoms with Gasteiger partial charge in [-0.2, -0.15) is 9.78 Å². The van der Waals surface area contributed by atoms with Crippen LogP contribution in [0.15, 0.2) is 77.9 Å². The van der Waals surface area contributed by atoms with Gasteiger partial charge in [0.25, 0.3) is 5.56 Å². The van der Waals surface area contributed by atoms with Gasteiger partial charge in [0.15, 0.2) is 0 Å². The lowest BCUT2D eigenvalue weighted by molar-refractivity contribution is 0.302. The lowest BCUT2D eigenvalue weighted by Gasteiger charge is -2.14. The van der Waals surface area contributed by atoms with Gasteiger partial charge < -0.3 is 4.74 Å². The average molecular weight is 662 g/mol. The van der Waals surface area contributed by atoms with Crippen molar-refractivity contribution in [3.63, 3.8) is 0 Å². The van der Waals surface area contributed by atoms with Crippen molar-refractivity contribution < 1.29 is 4.74 Å². The first-order valence-electron chi connectivity index (χ1n) is 11.2. The molecule has 0 aliphatic rings. The largest absolute Gasteiger partial charge is 0.487 e. The van der Waals surface area contributed by atoms with Crippen LogP contribution in [0, 0.1) is 6.92 Å². The summed E-state index contributed by atoms with van der Waals surface area (Å²) in [6, 6.07) is 17.6. The number of aromatic nitrogens is 2. The van der Waals surface area contributed by atoms with Crippen LogP contribution in [-0.4, -0.2) is 15.9 Å². The summed E-state index contributed by atoms with van der Waals surface area (Å²) in [4.78, 5) is 18.1. The molecule has 0 unspecified atom stereocenters. The summed E-state index contributed by atoms with van der Waals surface area (Å²) < 4.78 is 9.86. The van der Waals surface area contributed by atoms with Gasteiger partial charge in [-0.15, -0.1) is 0 Å². The molecule has 5 nitrogen and oxygen atoms in total. The molecule has 0 fully saturated rings. The fourth-order valence-electron chi connectivity index (χ4n) is 3.54. The Morgan fingerprint density at radius 2 is 1.74 bits per heavy atom. The molecule has 0 spiro atoms. The summed E-state index contributed by atoms with van der Waals surface area (Å²) in [6.45, 7) is 6.63. The maximum atomic E-state index is 13.3. The second-order valence-corrected chi connectivity index (χ2v) is 11.0. The summed E-state index contributed by atoms with van der Waals surface area (Å²) >= 11 is 10.7. The van der Waals surface area contributed by atoms with Gasteiger partial charge in [-0.1, -0.05) is 59.6 Å². The van der Waals surface area contributed by atoms with E-state index in [9.17, 15) is 4.79 Å². The van der Waals surface area contributed by atoms with Gasteiger partial charge in [0.2, 0.25) is 0 Å². The Hall–Kier alpha value is -2.29. The van der Waals surface area contributed by atoms with Crippen LogP contribution in [0.4, 0.5) is 0 Å². The molecule has 4 rings (SSSR count). The zero-order chi connectivity index (χ0) is 25.1. The van der Waals surface area contributed by atoms with Crippen molar-refractivity contribution in [3.8, 4) is 5.75 Å². The van der Waals surface area contributed by atoms with Crippen molar-refractivity contribution in [2.45, 2.75) is 39.7 Å². The average Bonchev–Trinajstić information content (AvgIpc) is 2.83. The molecule has 0 radical (unpaired) electrons. The molecule has 4 aromatic rings. The Morgan fingerprint density at radius 1 is 1.06 bits per heavy atom. The van der Waals surface area contributed by atoms with E-state index in [0.717, 1.165) is 31.0 Å². The molecule has 1 atom stereocenters. The van der Waals surface area contributed by atoms with Crippen molar-refractivity contribution >= 4 is 64.9 Å². The zero-order valence-corrected chi connectivity index (χ0v) is 24.3. The van der Waals surface area contributed by atoms with E-state index in [1.165, 1.54) is 10.2 Å². The first kappa shape index (κ1) is 25.8. The molecule has 1 heterocycles. The topological polar surface area (TPSA) is 56.5 Å². The summed E-state index contributed by atoms with van der Waals surface area (Å²) in [7, 11) is 0. The monoisotopic (exact) mass is 659 g/mol. The fourth-order valence-corrected chi connectivity index (χ4v) is 5.35. The van der Waals surface area contributed by atoms with Crippen LogP contribution >= 0.6 is 47.8 Å². The lowest BCUT2D eigenvalue weighted by Crippen LogP contribution is -2.23. The van der Waals surface area contributed by atoms with Crippen molar-refractivity contribution in [2.24, 2.45) is 5.10 Å². The molecular weight excluding hydrogens is 638 g/mol. The first-order valence-corrected chi connectivity index (χ1v) is 13.6. The van der Waals surface area contributed by atoms with Crippen LogP contribution in [-0.2, 0) is 6.61 Å². The van der Waals surface area contributed by atoms with E-state index in [1.54, 1.807) is 12.3 Å². The van der Waals surface area contributed by atoms with Crippen LogP contribution in [0.5, 0.6) is 5.75 Å². The third-order valence-electron chi connectivity index (χ3n) is 5.73. The predicted octanol–water partition coefficient (Wildman–Crippen LogP) is 7.97. The SMILES string of the molecule is CC[C@@H](C)c1nc2ccc(Br)cc2c(=O)n1N=Cc1cc(Br)c(OCc2ccc(C)cc2)c(Br)c1. The predicted molar refractivity (Wildman–Crippen MR) is 153 cm³/mol. The second-order valence-electron chi connectivity index (χ2n) is 8.39. The van der Waals surface area contributed by atoms with Crippen LogP contribution < -0.4 is 10.3 Å². The molecule has 0 aliphatic heterocycles. The van der Waals surface area contributed by atoms with E-state index in [-0.39, 0.29) is 11.5 Å². The third-order valence-corrected chi connectivity index (χ3v) is 7.40. The maximum absolute atomic E-state index is 13.3. The number of nitrogens with zero attached hydrogens (tertiary/aromatic N) is 3. The van der Waals surface area contributed by atoms with Gasteiger partial charge in [0, 0.05) is 10.4 Å². The van der Waals surface area contributed by atoms with E-state index in [1.807, 2.05) is 31.2 Å². The molecule has 3 aromatic carbocycles. The van der Waals surface area contributed by atoms with Crippen LogP contribution in [0.1, 0.15) is 48.7 Å². The van der Waals surface area contributed by atoms with Crippen LogP contribution in [0.25, 0.3) is 10.9 Å². The van der Waals surface area contributed by atoms with E-state index >= 15 is 0 Å². The number of halogens is 3. The van der Waals surface area contributed by atoms with Gasteiger partial charge in [-0.25, -0.2) is 4.98 Å². The van der Waals surface area contributed by atoms with Crippen molar-refractivity contribution in [1.82, 2.24) is 9.66 Å². The summed E-state index contributed by atoms with van der Waals surface area (Å²) in [5.41, 5.74) is 3.58. The fraction of sp³-hybridized carbons (Fsp3) is 0.222. The highest BCUT2D eigenvalue weighted by Crippen LogP contribution is 2.35. The minimum atomic E-state index is -0.195. The van der Waals surface area contributed by atoms with Crippen LogP contribution in [0.2, 0.25) is 0 Å². The summed E-state index contributed by atoms with van der Waals surface area (Å²) in [6.07, 6.45) is 2.51. The highest BCUT2D eigenvalue weighted by molar-refractivity contribution is 9.11. The van der Waals surface area contributed by atoms with Gasteiger partial charge in [0.1, 0.15) is 18.2 Å². The van der Waals surface area contributed by atoms with Crippen LogP contribution in [0.3, 0.4) is 0 Å². The second kappa shape index (κ2) is 11.2. The molecule has 1 aromatic heterocycles. The molecule has 0 aliphatic carbocycles. The Bertz CT molecular complexity index is 1440. The maximum Gasteiger partial charge on any atom is 0.282 e. The van der Waals surface area contributed by atoms with E-state index < -0.39 is 0 Å². The highest BCUT2D eigenvalue weighted by Gasteiger charge is 2.16. The summed E-state index contributed by atoms with van der Waals surface area (Å²) in [5, 5.41) is 5.08. The number of hydrogen-bond acceptors (Lipinski definition) is 4. The highest BCUT2D eigenvalue weighted by atomic mass is 79.9. The van der Waals surface area contributed by atoms with E-state index in [2.05, 4.69) is 91.0 Å². The molecular formula is C27H24Br3N3O2. The molecule has 0 amide bonds. The van der Waals surface area contributed by atoms with E-state index in [4.69, 9.17) is 9.72 Å². The molecule has 0 saturated carbocycles. The quantitative estimate of drug-likeness (QED) is 0.189. The Labute approximate surface area is 229 Å². The molecule has 180 valence electrons. The Kier molecular flexibility index (Phi) is 8.24. The number of aryl methyl sites for hydroxylation is 1. The molecule has 35 heavy (non-hydrogen) atoms. The van der Waals surface area contributed by atoms with Gasteiger partial charge in [0.05, 0.1) is 26.1 Å². The number of benzene rings is 3. The van der Waals surface area contributed by atoms with Gasteiger partial charge >= 0.3 is 0 Å². The number of hydrogen-bond donors (Lipinski definition) is 0. The van der Waals surface area contributed by atoms with Crippen molar-refractivity contribution in [2.75, 3.05) is 0 Å². The van der Waals surface area contributed by atoms with Crippen molar-refractivity contribution in [3.05, 3.63) is 101 Å². The number of fused-ring (bicyclic) bond motifs is 1. The smallest absolute Gasteiger partial charge is 0.282 e. The normalized spacial score (nSPS) is 12.4. The standard InChI is InChI=1S/C27H24Br3N3O2/c1-4-17(3)26-32-24-10-9-20(28)13-21(24)27(34)33(26)31-14-19-11-22(29)25(23(30)12-19)35-15-18-7-5-16(2)6-8-18/h5-14,17H,4,15H2,1-3H3/t17-/m1/s1. The molecule has 0 N–H and O–H groups in total. The minimum absolute atomic E-state index is 0.0731. The van der Waals surface area contributed by atoms with Gasteiger partial charge in [-0.3, -0.25) is 4.79 Å². The first-order chi connectivity index (χ1) is 16.8. The third kappa shape index (κ3) is 5.93. The zero-order valence-electron chi connectivity index (χ0n) is 19.6. The number of ether oxygens (including phenoxy) is 1. The molecule has 8 heteroatoms. The number of rotatable bonds is 7. The van der Waals surface area contributed by atoms with E-state index in [0.29, 0.717) is 29.1 Å². The molecule has 0 bridgehead atoms. The summed E-state index contributed by atoms with van der Waals surface area (Å²) in [5.74, 6) is 1.42. The Morgan fingerprint density at radius 3 is 2.40 bits per heavy atom. The molecule has 0 saturated heterocycles. The van der Waals surface area contributed by atoms with Gasteiger partial charge in [-0.05, 0) is 86.7 Å². The Balaban J connectivity index is 1.66. The minimum Gasteiger partial charge on any atom is -0.487 e.